The number of hydrogen-bond acceptors (Lipinski definition) is 4. The molecule has 22 heavy (non-hydrogen) atoms. The molecule has 2 aliphatic carbocycles. The van der Waals surface area contributed by atoms with Gasteiger partial charge in [0.05, 0.1) is 16.7 Å². The second kappa shape index (κ2) is 5.79. The van der Waals surface area contributed by atoms with Crippen molar-refractivity contribution >= 4 is 17.3 Å². The molecule has 1 fully saturated rings. The van der Waals surface area contributed by atoms with Crippen molar-refractivity contribution in [3.8, 4) is 5.75 Å². The minimum Gasteiger partial charge on any atom is -0.506 e. The molecule has 6 nitrogen and oxygen atoms in total. The van der Waals surface area contributed by atoms with Gasteiger partial charge in [-0.15, -0.1) is 0 Å². The van der Waals surface area contributed by atoms with Crippen molar-refractivity contribution in [2.45, 2.75) is 25.7 Å². The first-order valence-corrected chi connectivity index (χ1v) is 7.51. The second-order valence-electron chi connectivity index (χ2n) is 5.93. The van der Waals surface area contributed by atoms with Gasteiger partial charge < -0.3 is 10.4 Å². The Balaban J connectivity index is 1.66. The van der Waals surface area contributed by atoms with Gasteiger partial charge in [0.15, 0.2) is 0 Å². The van der Waals surface area contributed by atoms with E-state index < -0.39 is 4.92 Å². The number of nitrogens with one attached hydrogen (secondary N) is 1. The van der Waals surface area contributed by atoms with Gasteiger partial charge in [0.1, 0.15) is 5.75 Å². The summed E-state index contributed by atoms with van der Waals surface area (Å²) in [5.74, 6) is 0.466. The Morgan fingerprint density at radius 3 is 2.41 bits per heavy atom. The van der Waals surface area contributed by atoms with Gasteiger partial charge in [0.2, 0.25) is 5.91 Å². The van der Waals surface area contributed by atoms with E-state index >= 15 is 0 Å². The molecule has 2 aliphatic rings. The predicted octanol–water partition coefficient (Wildman–Crippen LogP) is 3.23. The standard InChI is InChI=1S/C16H18N2O4/c19-14-9-10(18(21)22)7-8-13(14)17-16(20)15-11-5-3-1-2-4-6-12(11)15/h1-2,7-9,11-12,15,19H,3-6H2,(H,17,20)/b2-1-/t11-,12-/m0/s1. The van der Waals surface area contributed by atoms with E-state index in [-0.39, 0.29) is 28.9 Å². The van der Waals surface area contributed by atoms with Crippen molar-refractivity contribution in [2.24, 2.45) is 17.8 Å². The molecule has 2 atom stereocenters. The Labute approximate surface area is 128 Å². The number of anilines is 1. The minimum absolute atomic E-state index is 0.00510. The Hall–Kier alpha value is -2.37. The van der Waals surface area contributed by atoms with Crippen molar-refractivity contribution in [3.05, 3.63) is 40.5 Å². The van der Waals surface area contributed by atoms with Crippen LogP contribution in [-0.4, -0.2) is 15.9 Å². The lowest BCUT2D eigenvalue weighted by Crippen LogP contribution is -2.15. The highest BCUT2D eigenvalue weighted by atomic mass is 16.6. The Morgan fingerprint density at radius 2 is 1.86 bits per heavy atom. The molecular weight excluding hydrogens is 284 g/mol. The van der Waals surface area contributed by atoms with Crippen LogP contribution in [0.4, 0.5) is 11.4 Å². The van der Waals surface area contributed by atoms with Crippen molar-refractivity contribution in [2.75, 3.05) is 5.32 Å². The zero-order chi connectivity index (χ0) is 15.7. The molecule has 3 rings (SSSR count). The third-order valence-corrected chi connectivity index (χ3v) is 4.58. The van der Waals surface area contributed by atoms with Gasteiger partial charge in [-0.1, -0.05) is 12.2 Å². The molecule has 6 heteroatoms. The number of nitrogens with zero attached hydrogens (tertiary/aromatic N) is 1. The number of carbonyl (C=O) groups excluding carboxylic acids is 1. The lowest BCUT2D eigenvalue weighted by atomic mass is 10.1. The SMILES string of the molecule is O=C(Nc1ccc([N+](=O)[O-])cc1O)C1[C@H]2CC/C=C\CC[C@H]12. The van der Waals surface area contributed by atoms with E-state index in [1.165, 1.54) is 12.1 Å². The van der Waals surface area contributed by atoms with Crippen molar-refractivity contribution in [3.63, 3.8) is 0 Å². The highest BCUT2D eigenvalue weighted by Crippen LogP contribution is 2.53. The van der Waals surface area contributed by atoms with Crippen molar-refractivity contribution < 1.29 is 14.8 Å². The summed E-state index contributed by atoms with van der Waals surface area (Å²) in [5, 5.41) is 23.2. The molecule has 1 aromatic rings. The number of nitro groups is 1. The Kier molecular flexibility index (Phi) is 3.83. The summed E-state index contributed by atoms with van der Waals surface area (Å²) in [7, 11) is 0. The van der Waals surface area contributed by atoms with Crippen LogP contribution in [0.25, 0.3) is 0 Å². The summed E-state index contributed by atoms with van der Waals surface area (Å²) in [6.45, 7) is 0. The summed E-state index contributed by atoms with van der Waals surface area (Å²) >= 11 is 0. The van der Waals surface area contributed by atoms with E-state index in [0.717, 1.165) is 31.7 Å². The normalized spacial score (nSPS) is 27.9. The predicted molar refractivity (Wildman–Crippen MR) is 81.5 cm³/mol. The van der Waals surface area contributed by atoms with E-state index in [0.29, 0.717) is 11.8 Å². The molecule has 0 spiro atoms. The number of hydrogen-bond donors (Lipinski definition) is 2. The highest BCUT2D eigenvalue weighted by Gasteiger charge is 2.53. The first kappa shape index (κ1) is 14.6. The molecule has 0 bridgehead atoms. The van der Waals surface area contributed by atoms with Gasteiger partial charge in [0.25, 0.3) is 5.69 Å². The number of benzene rings is 1. The molecule has 0 aliphatic heterocycles. The molecule has 1 saturated carbocycles. The zero-order valence-electron chi connectivity index (χ0n) is 12.1. The van der Waals surface area contributed by atoms with Crippen LogP contribution in [0.5, 0.6) is 5.75 Å². The van der Waals surface area contributed by atoms with Crippen LogP contribution in [0.3, 0.4) is 0 Å². The smallest absolute Gasteiger partial charge is 0.273 e. The number of fused-ring (bicyclic) bond motifs is 1. The van der Waals surface area contributed by atoms with E-state index in [9.17, 15) is 20.0 Å². The molecule has 0 saturated heterocycles. The summed E-state index contributed by atoms with van der Waals surface area (Å²) in [5.41, 5.74) is 0.0302. The Morgan fingerprint density at radius 1 is 1.23 bits per heavy atom. The summed E-state index contributed by atoms with van der Waals surface area (Å²) in [6.07, 6.45) is 8.40. The molecule has 0 unspecified atom stereocenters. The van der Waals surface area contributed by atoms with Gasteiger partial charge in [-0.3, -0.25) is 14.9 Å². The topological polar surface area (TPSA) is 92.5 Å². The summed E-state index contributed by atoms with van der Waals surface area (Å²) < 4.78 is 0. The molecule has 1 aromatic carbocycles. The Bertz CT molecular complexity index is 625. The van der Waals surface area contributed by atoms with Crippen LogP contribution in [0, 0.1) is 27.9 Å². The molecule has 1 amide bonds. The molecule has 0 radical (unpaired) electrons. The number of rotatable bonds is 3. The van der Waals surface area contributed by atoms with E-state index in [1.54, 1.807) is 0 Å². The van der Waals surface area contributed by atoms with Crippen molar-refractivity contribution in [1.29, 1.82) is 0 Å². The molecule has 116 valence electrons. The molecule has 2 N–H and O–H groups in total. The maximum Gasteiger partial charge on any atom is 0.273 e. The summed E-state index contributed by atoms with van der Waals surface area (Å²) in [4.78, 5) is 22.4. The molecule has 0 heterocycles. The monoisotopic (exact) mass is 302 g/mol. The number of allylic oxidation sites excluding steroid dienone is 2. The zero-order valence-corrected chi connectivity index (χ0v) is 12.1. The van der Waals surface area contributed by atoms with Gasteiger partial charge in [0, 0.05) is 12.0 Å². The third kappa shape index (κ3) is 2.81. The third-order valence-electron chi connectivity index (χ3n) is 4.58. The average molecular weight is 302 g/mol. The fourth-order valence-electron chi connectivity index (χ4n) is 3.39. The number of phenolic OH excluding ortho intramolecular Hbond substituents is 1. The fraction of sp³-hybridized carbons (Fsp3) is 0.438. The average Bonchev–Trinajstić information content (AvgIpc) is 3.12. The second-order valence-corrected chi connectivity index (χ2v) is 5.93. The lowest BCUT2D eigenvalue weighted by molar-refractivity contribution is -0.384. The van der Waals surface area contributed by atoms with Gasteiger partial charge in [-0.2, -0.15) is 0 Å². The molecule has 0 aromatic heterocycles. The van der Waals surface area contributed by atoms with E-state index in [1.807, 2.05) is 0 Å². The molecular formula is C16H18N2O4. The number of phenols is 1. The quantitative estimate of drug-likeness (QED) is 0.388. The summed E-state index contributed by atoms with van der Waals surface area (Å²) in [6, 6.07) is 3.70. The largest absolute Gasteiger partial charge is 0.506 e. The van der Waals surface area contributed by atoms with Crippen LogP contribution < -0.4 is 5.32 Å². The fourth-order valence-corrected chi connectivity index (χ4v) is 3.39. The van der Waals surface area contributed by atoms with Gasteiger partial charge >= 0.3 is 0 Å². The van der Waals surface area contributed by atoms with Crippen LogP contribution in [0.2, 0.25) is 0 Å². The van der Waals surface area contributed by atoms with Crippen LogP contribution in [0.1, 0.15) is 25.7 Å². The van der Waals surface area contributed by atoms with Crippen LogP contribution in [-0.2, 0) is 4.79 Å². The number of carbonyl (C=O) groups is 1. The number of amides is 1. The highest BCUT2D eigenvalue weighted by molar-refractivity contribution is 5.96. The minimum atomic E-state index is -0.583. The number of non-ortho nitro benzene ring substituents is 1. The van der Waals surface area contributed by atoms with E-state index in [4.69, 9.17) is 0 Å². The first-order valence-electron chi connectivity index (χ1n) is 7.51. The van der Waals surface area contributed by atoms with Crippen LogP contribution in [0.15, 0.2) is 30.4 Å². The van der Waals surface area contributed by atoms with Gasteiger partial charge in [-0.25, -0.2) is 0 Å². The van der Waals surface area contributed by atoms with Crippen molar-refractivity contribution in [1.82, 2.24) is 0 Å². The maximum atomic E-state index is 12.4. The van der Waals surface area contributed by atoms with E-state index in [2.05, 4.69) is 17.5 Å². The van der Waals surface area contributed by atoms with Crippen LogP contribution >= 0.6 is 0 Å². The number of aromatic hydroxyl groups is 1. The van der Waals surface area contributed by atoms with Gasteiger partial charge in [-0.05, 0) is 43.6 Å². The maximum absolute atomic E-state index is 12.4. The first-order chi connectivity index (χ1) is 10.6. The number of nitro benzene ring substituents is 1. The lowest BCUT2D eigenvalue weighted by Gasteiger charge is -2.07.